The predicted octanol–water partition coefficient (Wildman–Crippen LogP) is 2.63. The summed E-state index contributed by atoms with van der Waals surface area (Å²) in [6.45, 7) is 1.49. The summed E-state index contributed by atoms with van der Waals surface area (Å²) in [5, 5.41) is 1.91. The number of carbonyl (C=O) groups is 2. The van der Waals surface area contributed by atoms with Crippen LogP contribution in [0.1, 0.15) is 44.0 Å². The average molecular weight is 386 g/mol. The van der Waals surface area contributed by atoms with Crippen molar-refractivity contribution in [1.82, 2.24) is 15.3 Å². The van der Waals surface area contributed by atoms with E-state index in [9.17, 15) is 9.59 Å². The number of carbonyl (C=O) groups excluding carboxylic acids is 2. The predicted molar refractivity (Wildman–Crippen MR) is 99.8 cm³/mol. The number of aromatic nitrogens is 2. The van der Waals surface area contributed by atoms with Crippen molar-refractivity contribution >= 4 is 23.3 Å². The van der Waals surface area contributed by atoms with E-state index in [-0.39, 0.29) is 17.4 Å². The maximum Gasteiger partial charge on any atom is 0.269 e. The van der Waals surface area contributed by atoms with Crippen molar-refractivity contribution in [3.8, 4) is 0 Å². The second kappa shape index (κ2) is 7.37. The number of ketones is 1. The number of alkyl halides is 1. The summed E-state index contributed by atoms with van der Waals surface area (Å²) < 4.78 is 5.39. The number of ether oxygens (including phenoxy) is 1. The van der Waals surface area contributed by atoms with Crippen molar-refractivity contribution in [2.75, 3.05) is 20.3 Å². The van der Waals surface area contributed by atoms with Gasteiger partial charge in [-0.2, -0.15) is 0 Å². The number of rotatable bonds is 6. The van der Waals surface area contributed by atoms with Crippen LogP contribution in [0.3, 0.4) is 0 Å². The number of nitrogens with zero attached hydrogens (tertiary/aromatic N) is 2. The van der Waals surface area contributed by atoms with Gasteiger partial charge in [-0.15, -0.1) is 11.6 Å². The third-order valence-electron chi connectivity index (χ3n) is 5.38. The van der Waals surface area contributed by atoms with Crippen LogP contribution in [0.2, 0.25) is 0 Å². The molecule has 4 atom stereocenters. The molecule has 2 unspecified atom stereocenters. The van der Waals surface area contributed by atoms with Crippen LogP contribution >= 0.6 is 11.6 Å². The number of nitrogens with one attached hydrogen (secondary N) is 1. The van der Waals surface area contributed by atoms with Gasteiger partial charge in [0.15, 0.2) is 5.78 Å². The molecule has 2 aromatic heterocycles. The number of hydrogen-bond acceptors (Lipinski definition) is 5. The van der Waals surface area contributed by atoms with Crippen molar-refractivity contribution in [3.63, 3.8) is 0 Å². The largest absolute Gasteiger partial charge is 0.381 e. The van der Waals surface area contributed by atoms with Crippen molar-refractivity contribution in [1.29, 1.82) is 0 Å². The summed E-state index contributed by atoms with van der Waals surface area (Å²) in [4.78, 5) is 33.6. The van der Waals surface area contributed by atoms with Crippen molar-refractivity contribution in [2.45, 2.75) is 11.8 Å². The van der Waals surface area contributed by atoms with E-state index in [2.05, 4.69) is 15.3 Å². The Morgan fingerprint density at radius 3 is 2.70 bits per heavy atom. The summed E-state index contributed by atoms with van der Waals surface area (Å²) in [5.74, 6) is 1.04. The zero-order valence-electron chi connectivity index (χ0n) is 14.9. The summed E-state index contributed by atoms with van der Waals surface area (Å²) in [6, 6.07) is 8.64. The molecular weight excluding hydrogens is 366 g/mol. The van der Waals surface area contributed by atoms with Crippen LogP contribution in [0.15, 0.2) is 36.5 Å². The Bertz CT molecular complexity index is 864. The number of amides is 1. The van der Waals surface area contributed by atoms with E-state index in [1.165, 1.54) is 7.05 Å². The first-order valence-corrected chi connectivity index (χ1v) is 9.42. The maximum atomic E-state index is 12.8. The van der Waals surface area contributed by atoms with Gasteiger partial charge in [0.1, 0.15) is 11.1 Å². The molecule has 2 aromatic rings. The van der Waals surface area contributed by atoms with Gasteiger partial charge in [0.05, 0.1) is 24.6 Å². The quantitative estimate of drug-likeness (QED) is 0.610. The monoisotopic (exact) mass is 385 g/mol. The second-order valence-electron chi connectivity index (χ2n) is 7.02. The lowest BCUT2D eigenvalue weighted by Gasteiger charge is -2.12. The molecule has 1 aliphatic heterocycles. The van der Waals surface area contributed by atoms with E-state index in [4.69, 9.17) is 16.3 Å². The van der Waals surface area contributed by atoms with Crippen LogP contribution in [0.4, 0.5) is 0 Å². The van der Waals surface area contributed by atoms with E-state index in [0.717, 1.165) is 13.2 Å². The molecule has 2 aliphatic rings. The van der Waals surface area contributed by atoms with Gasteiger partial charge in [-0.25, -0.2) is 4.98 Å². The summed E-state index contributed by atoms with van der Waals surface area (Å²) in [7, 11) is 1.53. The molecule has 1 amide bonds. The molecular formula is C20H20ClN3O3. The van der Waals surface area contributed by atoms with E-state index < -0.39 is 5.38 Å². The standard InChI is InChI=1S/C20H20ClN3O3/c1-22-20(26)17-7-11(18(25)8-12-13-9-27-10-14(12)13)6-16(24-17)19(21)15-4-2-3-5-23-15/h2-7,12-14,19H,8-10H2,1H3,(H,22,26)/t12?,13-,14+,19?. The molecule has 7 heteroatoms. The Hall–Kier alpha value is -2.31. The van der Waals surface area contributed by atoms with E-state index in [1.54, 1.807) is 30.5 Å². The summed E-state index contributed by atoms with van der Waals surface area (Å²) in [5.41, 5.74) is 1.71. The number of fused-ring (bicyclic) bond motifs is 1. The number of Topliss-reactive ketones (excluding diaryl/α,β-unsaturated/α-hetero) is 1. The van der Waals surface area contributed by atoms with Gasteiger partial charge in [0.2, 0.25) is 0 Å². The Morgan fingerprint density at radius 2 is 2.04 bits per heavy atom. The summed E-state index contributed by atoms with van der Waals surface area (Å²) in [6.07, 6.45) is 2.11. The maximum absolute atomic E-state index is 12.8. The highest BCUT2D eigenvalue weighted by atomic mass is 35.5. The Kier molecular flexibility index (Phi) is 4.93. The second-order valence-corrected chi connectivity index (χ2v) is 7.45. The zero-order valence-corrected chi connectivity index (χ0v) is 15.6. The molecule has 0 bridgehead atoms. The molecule has 0 aromatic carbocycles. The molecule has 4 rings (SSSR count). The molecule has 140 valence electrons. The van der Waals surface area contributed by atoms with Crippen LogP contribution in [-0.2, 0) is 4.74 Å². The Morgan fingerprint density at radius 1 is 1.26 bits per heavy atom. The first-order chi connectivity index (χ1) is 13.1. The molecule has 0 radical (unpaired) electrons. The molecule has 2 fully saturated rings. The highest BCUT2D eigenvalue weighted by molar-refractivity contribution is 6.22. The Balaban J connectivity index is 1.62. The fraction of sp³-hybridized carbons (Fsp3) is 0.400. The minimum Gasteiger partial charge on any atom is -0.381 e. The summed E-state index contributed by atoms with van der Waals surface area (Å²) >= 11 is 6.54. The molecule has 1 aliphatic carbocycles. The minimum atomic E-state index is -0.643. The SMILES string of the molecule is CNC(=O)c1cc(C(=O)CC2[C@H]3COC[C@@H]23)cc(C(Cl)c2ccccn2)n1. The van der Waals surface area contributed by atoms with E-state index >= 15 is 0 Å². The highest BCUT2D eigenvalue weighted by Gasteiger charge is 2.54. The van der Waals surface area contributed by atoms with Crippen LogP contribution in [-0.4, -0.2) is 41.9 Å². The van der Waals surface area contributed by atoms with Crippen LogP contribution in [0.25, 0.3) is 0 Å². The van der Waals surface area contributed by atoms with Gasteiger partial charge < -0.3 is 10.1 Å². The molecule has 6 nitrogen and oxygen atoms in total. The van der Waals surface area contributed by atoms with Gasteiger partial charge in [-0.3, -0.25) is 14.6 Å². The van der Waals surface area contributed by atoms with Gasteiger partial charge in [-0.05, 0) is 42.0 Å². The molecule has 1 saturated carbocycles. The smallest absolute Gasteiger partial charge is 0.269 e. The Labute approximate surface area is 162 Å². The third kappa shape index (κ3) is 3.59. The van der Waals surface area contributed by atoms with Gasteiger partial charge in [-0.1, -0.05) is 6.07 Å². The van der Waals surface area contributed by atoms with Crippen molar-refractivity contribution < 1.29 is 14.3 Å². The average Bonchev–Trinajstić information content (AvgIpc) is 3.13. The molecule has 1 saturated heterocycles. The van der Waals surface area contributed by atoms with E-state index in [1.807, 2.05) is 6.07 Å². The number of halogens is 1. The molecule has 3 heterocycles. The number of pyridine rings is 2. The third-order valence-corrected chi connectivity index (χ3v) is 5.83. The fourth-order valence-corrected chi connectivity index (χ4v) is 4.00. The van der Waals surface area contributed by atoms with Crippen molar-refractivity contribution in [2.24, 2.45) is 17.8 Å². The first kappa shape index (κ1) is 18.1. The topological polar surface area (TPSA) is 81.2 Å². The molecule has 27 heavy (non-hydrogen) atoms. The molecule has 0 spiro atoms. The lowest BCUT2D eigenvalue weighted by atomic mass is 10.0. The highest BCUT2D eigenvalue weighted by Crippen LogP contribution is 2.53. The zero-order chi connectivity index (χ0) is 19.0. The minimum absolute atomic E-state index is 0.00749. The van der Waals surface area contributed by atoms with Crippen molar-refractivity contribution in [3.05, 3.63) is 59.2 Å². The lowest BCUT2D eigenvalue weighted by Crippen LogP contribution is -2.21. The molecule has 1 N–H and O–H groups in total. The first-order valence-electron chi connectivity index (χ1n) is 8.98. The van der Waals surface area contributed by atoms with Gasteiger partial charge in [0.25, 0.3) is 5.91 Å². The lowest BCUT2D eigenvalue weighted by molar-refractivity contribution is 0.0950. The fourth-order valence-electron chi connectivity index (χ4n) is 3.76. The van der Waals surface area contributed by atoms with Crippen LogP contribution < -0.4 is 5.32 Å². The van der Waals surface area contributed by atoms with Crippen LogP contribution in [0, 0.1) is 17.8 Å². The number of hydrogen-bond donors (Lipinski definition) is 1. The van der Waals surface area contributed by atoms with E-state index in [0.29, 0.717) is 41.1 Å². The van der Waals surface area contributed by atoms with Crippen LogP contribution in [0.5, 0.6) is 0 Å². The normalized spacial score (nSPS) is 24.1. The van der Waals surface area contributed by atoms with Gasteiger partial charge in [0, 0.05) is 25.2 Å². The van der Waals surface area contributed by atoms with Gasteiger partial charge >= 0.3 is 0 Å².